The maximum atomic E-state index is 7.31. The number of fused-ring (bicyclic) bond motifs is 8. The first-order chi connectivity index (χ1) is 21.6. The van der Waals surface area contributed by atoms with Crippen molar-refractivity contribution in [2.45, 2.75) is 5.60 Å². The molecule has 8 rings (SSSR count). The fourth-order valence-electron chi connectivity index (χ4n) is 6.80. The lowest BCUT2D eigenvalue weighted by Gasteiger charge is -2.37. The van der Waals surface area contributed by atoms with Crippen LogP contribution in [0.2, 0.25) is 0 Å². The summed E-state index contributed by atoms with van der Waals surface area (Å²) in [5.74, 6) is 1.54. The van der Waals surface area contributed by atoms with Crippen LogP contribution in [0.3, 0.4) is 0 Å². The Kier molecular flexibility index (Phi) is 6.27. The highest BCUT2D eigenvalue weighted by atomic mass is 16.5. The fraction of sp³-hybridized carbons (Fsp3) is 0.211. The summed E-state index contributed by atoms with van der Waals surface area (Å²) in [7, 11) is 5.79. The summed E-state index contributed by atoms with van der Waals surface area (Å²) in [4.78, 5) is 4.45. The quantitative estimate of drug-likeness (QED) is 0.205. The standard InChI is InChI=1S/C38H34N2O4/c1-39(2)32-23-31-30(24-34(32)41-3)28-17-18-38(25-9-5-4-6-10-25,26-13-15-27(16-14-26)40-19-21-42-22-20-40)44-36(28)37-35(31)29-11-7-8-12-33(29)43-37/h4-18,23-24H,19-22H2,1-3H3. The maximum absolute atomic E-state index is 7.31. The molecule has 1 atom stereocenters. The van der Waals surface area contributed by atoms with Gasteiger partial charge in [0.05, 0.1) is 26.0 Å². The molecule has 0 radical (unpaired) electrons. The first kappa shape index (κ1) is 26.7. The maximum Gasteiger partial charge on any atom is 0.178 e. The molecule has 1 unspecified atom stereocenters. The number of furan rings is 1. The van der Waals surface area contributed by atoms with Gasteiger partial charge in [-0.05, 0) is 53.3 Å². The summed E-state index contributed by atoms with van der Waals surface area (Å²) in [6.45, 7) is 3.29. The van der Waals surface area contributed by atoms with Crippen LogP contribution < -0.4 is 19.3 Å². The highest BCUT2D eigenvalue weighted by molar-refractivity contribution is 6.23. The fourth-order valence-corrected chi connectivity index (χ4v) is 6.80. The van der Waals surface area contributed by atoms with Gasteiger partial charge in [-0.2, -0.15) is 0 Å². The van der Waals surface area contributed by atoms with Crippen molar-refractivity contribution in [2.75, 3.05) is 57.3 Å². The zero-order valence-electron chi connectivity index (χ0n) is 25.2. The average molecular weight is 583 g/mol. The Labute approximate surface area is 256 Å². The summed E-state index contributed by atoms with van der Waals surface area (Å²) in [5.41, 5.74) is 5.99. The zero-order chi connectivity index (χ0) is 29.8. The third kappa shape index (κ3) is 4.05. The molecule has 0 spiro atoms. The number of morpholine rings is 1. The lowest BCUT2D eigenvalue weighted by Crippen LogP contribution is -2.36. The van der Waals surface area contributed by atoms with E-state index in [-0.39, 0.29) is 0 Å². The van der Waals surface area contributed by atoms with Gasteiger partial charge >= 0.3 is 0 Å². The Morgan fingerprint density at radius 2 is 1.52 bits per heavy atom. The largest absolute Gasteiger partial charge is 0.495 e. The van der Waals surface area contributed by atoms with Crippen LogP contribution in [0.1, 0.15) is 16.7 Å². The van der Waals surface area contributed by atoms with E-state index in [0.717, 1.165) is 92.9 Å². The number of benzene rings is 5. The molecule has 3 heterocycles. The van der Waals surface area contributed by atoms with Crippen LogP contribution in [0, 0.1) is 0 Å². The lowest BCUT2D eigenvalue weighted by atomic mass is 9.82. The molecule has 0 bridgehead atoms. The van der Waals surface area contributed by atoms with E-state index >= 15 is 0 Å². The summed E-state index contributed by atoms with van der Waals surface area (Å²) < 4.78 is 25.4. The number of anilines is 2. The monoisotopic (exact) mass is 582 g/mol. The zero-order valence-corrected chi connectivity index (χ0v) is 25.2. The number of hydrogen-bond donors (Lipinski definition) is 0. The van der Waals surface area contributed by atoms with E-state index < -0.39 is 5.60 Å². The van der Waals surface area contributed by atoms with Crippen molar-refractivity contribution in [2.24, 2.45) is 0 Å². The third-order valence-electron chi connectivity index (χ3n) is 9.03. The van der Waals surface area contributed by atoms with Crippen molar-refractivity contribution in [3.63, 3.8) is 0 Å². The Morgan fingerprint density at radius 1 is 0.795 bits per heavy atom. The number of nitrogens with zero attached hydrogens (tertiary/aromatic N) is 2. The molecule has 1 fully saturated rings. The molecule has 5 aromatic carbocycles. The van der Waals surface area contributed by atoms with E-state index in [2.05, 4.69) is 94.7 Å². The van der Waals surface area contributed by atoms with Crippen molar-refractivity contribution in [1.29, 1.82) is 0 Å². The van der Waals surface area contributed by atoms with Crippen LogP contribution >= 0.6 is 0 Å². The number of rotatable bonds is 5. The minimum Gasteiger partial charge on any atom is -0.495 e. The van der Waals surface area contributed by atoms with Gasteiger partial charge in [-0.25, -0.2) is 0 Å². The van der Waals surface area contributed by atoms with Gasteiger partial charge in [0.1, 0.15) is 11.3 Å². The van der Waals surface area contributed by atoms with Gasteiger partial charge in [0, 0.05) is 60.3 Å². The second-order valence-electron chi connectivity index (χ2n) is 11.7. The number of para-hydroxylation sites is 1. The van der Waals surface area contributed by atoms with Gasteiger partial charge in [0.2, 0.25) is 0 Å². The van der Waals surface area contributed by atoms with Crippen LogP contribution in [-0.4, -0.2) is 47.5 Å². The SMILES string of the molecule is COc1cc2c3c(c4oc5ccccc5c4c2cc1N(C)C)OC(c1ccccc1)(c1ccc(N2CCOCC2)cc1)C=C3. The van der Waals surface area contributed by atoms with Gasteiger partial charge in [-0.3, -0.25) is 0 Å². The average Bonchev–Trinajstić information content (AvgIpc) is 3.48. The number of ether oxygens (including phenoxy) is 3. The summed E-state index contributed by atoms with van der Waals surface area (Å²) in [6, 6.07) is 31.8. The second kappa shape index (κ2) is 10.4. The molecular formula is C38H34N2O4. The number of hydrogen-bond acceptors (Lipinski definition) is 6. The first-order valence-electron chi connectivity index (χ1n) is 15.1. The molecule has 6 aromatic rings. The van der Waals surface area contributed by atoms with Gasteiger partial charge in [0.25, 0.3) is 0 Å². The minimum absolute atomic E-state index is 0.729. The first-order valence-corrected chi connectivity index (χ1v) is 15.1. The predicted molar refractivity (Wildman–Crippen MR) is 178 cm³/mol. The van der Waals surface area contributed by atoms with Gasteiger partial charge in [0.15, 0.2) is 16.9 Å². The van der Waals surface area contributed by atoms with Crippen molar-refractivity contribution < 1.29 is 18.6 Å². The Balaban J connectivity index is 1.39. The van der Waals surface area contributed by atoms with E-state index in [1.54, 1.807) is 7.11 Å². The molecule has 1 aromatic heterocycles. The predicted octanol–water partition coefficient (Wildman–Crippen LogP) is 8.00. The van der Waals surface area contributed by atoms with Gasteiger partial charge in [-0.15, -0.1) is 0 Å². The summed E-state index contributed by atoms with van der Waals surface area (Å²) >= 11 is 0. The normalized spacial score (nSPS) is 18.0. The molecule has 0 saturated carbocycles. The highest BCUT2D eigenvalue weighted by Crippen LogP contribution is 2.52. The molecule has 2 aliphatic heterocycles. The van der Waals surface area contributed by atoms with E-state index in [0.29, 0.717) is 0 Å². The van der Waals surface area contributed by atoms with Crippen LogP contribution in [0.5, 0.6) is 11.5 Å². The Bertz CT molecular complexity index is 2040. The van der Waals surface area contributed by atoms with Gasteiger partial charge in [-0.1, -0.05) is 60.7 Å². The van der Waals surface area contributed by atoms with Crippen molar-refractivity contribution in [3.05, 3.63) is 114 Å². The third-order valence-corrected chi connectivity index (χ3v) is 9.03. The molecule has 6 nitrogen and oxygen atoms in total. The second-order valence-corrected chi connectivity index (χ2v) is 11.7. The lowest BCUT2D eigenvalue weighted by molar-refractivity contribution is 0.122. The van der Waals surface area contributed by atoms with E-state index in [1.165, 1.54) is 5.69 Å². The van der Waals surface area contributed by atoms with Crippen LogP contribution in [-0.2, 0) is 10.3 Å². The smallest absolute Gasteiger partial charge is 0.178 e. The number of methoxy groups -OCH3 is 1. The Morgan fingerprint density at radius 3 is 2.27 bits per heavy atom. The van der Waals surface area contributed by atoms with Crippen molar-refractivity contribution in [1.82, 2.24) is 0 Å². The summed E-state index contributed by atoms with van der Waals surface area (Å²) in [5, 5.41) is 4.26. The molecule has 44 heavy (non-hydrogen) atoms. The van der Waals surface area contributed by atoms with E-state index in [9.17, 15) is 0 Å². The topological polar surface area (TPSA) is 47.3 Å². The molecule has 0 amide bonds. The molecule has 6 heteroatoms. The molecule has 0 N–H and O–H groups in total. The van der Waals surface area contributed by atoms with E-state index in [4.69, 9.17) is 18.6 Å². The molecule has 2 aliphatic rings. The van der Waals surface area contributed by atoms with Crippen molar-refractivity contribution >= 4 is 50.2 Å². The molecule has 220 valence electrons. The van der Waals surface area contributed by atoms with Crippen LogP contribution in [0.15, 0.2) is 101 Å². The van der Waals surface area contributed by atoms with Crippen LogP contribution in [0.4, 0.5) is 11.4 Å². The van der Waals surface area contributed by atoms with Crippen LogP contribution in [0.25, 0.3) is 38.8 Å². The van der Waals surface area contributed by atoms with Gasteiger partial charge < -0.3 is 28.4 Å². The molecular weight excluding hydrogens is 548 g/mol. The molecule has 1 saturated heterocycles. The minimum atomic E-state index is -0.856. The Hall–Kier alpha value is -4.94. The van der Waals surface area contributed by atoms with E-state index in [1.807, 2.05) is 32.3 Å². The summed E-state index contributed by atoms with van der Waals surface area (Å²) in [6.07, 6.45) is 4.39. The van der Waals surface area contributed by atoms with Crippen molar-refractivity contribution in [3.8, 4) is 11.5 Å². The molecule has 0 aliphatic carbocycles. The highest BCUT2D eigenvalue weighted by Gasteiger charge is 2.39.